The Morgan fingerprint density at radius 1 is 0.895 bits per heavy atom. The molecule has 2 rings (SSSR count). The molecule has 4 heteroatoms. The first kappa shape index (κ1) is 17.1. The van der Waals surface area contributed by atoms with Crippen molar-refractivity contribution in [2.24, 2.45) is 16.6 Å². The molecule has 0 unspecified atom stereocenters. The zero-order valence-corrected chi connectivity index (χ0v) is 14.5. The van der Waals surface area contributed by atoms with E-state index in [4.69, 9.17) is 5.73 Å². The van der Waals surface area contributed by atoms with Gasteiger partial charge >= 0.3 is 0 Å². The summed E-state index contributed by atoms with van der Waals surface area (Å²) in [6.07, 6.45) is 13.7. The van der Waals surface area contributed by atoms with Gasteiger partial charge in [-0.2, -0.15) is 0 Å². The van der Waals surface area contributed by atoms with Gasteiger partial charge in [0.1, 0.15) is 0 Å². The first-order valence-electron chi connectivity index (χ1n) is 7.91. The molecule has 0 radical (unpaired) electrons. The fourth-order valence-electron chi connectivity index (χ4n) is 3.17. The van der Waals surface area contributed by atoms with Crippen molar-refractivity contribution in [2.75, 3.05) is 19.6 Å². The van der Waals surface area contributed by atoms with Gasteiger partial charge in [-0.1, -0.05) is 32.1 Å². The summed E-state index contributed by atoms with van der Waals surface area (Å²) in [5.41, 5.74) is 6.11. The van der Waals surface area contributed by atoms with Crippen LogP contribution >= 0.6 is 24.0 Å². The highest BCUT2D eigenvalue weighted by molar-refractivity contribution is 14.0. The van der Waals surface area contributed by atoms with Crippen LogP contribution in [0.4, 0.5) is 0 Å². The van der Waals surface area contributed by atoms with E-state index in [1.54, 1.807) is 0 Å². The molecule has 2 aliphatic rings. The van der Waals surface area contributed by atoms with Crippen LogP contribution in [0.3, 0.4) is 0 Å². The molecule has 112 valence electrons. The second kappa shape index (κ2) is 9.83. The number of likely N-dealkylation sites (tertiary alicyclic amines) is 1. The van der Waals surface area contributed by atoms with Crippen molar-refractivity contribution in [1.29, 1.82) is 0 Å². The highest BCUT2D eigenvalue weighted by atomic mass is 127. The first-order valence-corrected chi connectivity index (χ1v) is 7.91. The molecule has 2 N–H and O–H groups in total. The van der Waals surface area contributed by atoms with Gasteiger partial charge in [0.25, 0.3) is 0 Å². The lowest BCUT2D eigenvalue weighted by Crippen LogP contribution is -2.41. The molecule has 0 aromatic heterocycles. The van der Waals surface area contributed by atoms with E-state index in [9.17, 15) is 0 Å². The molecule has 19 heavy (non-hydrogen) atoms. The van der Waals surface area contributed by atoms with Gasteiger partial charge < -0.3 is 10.6 Å². The maximum Gasteiger partial charge on any atom is 0.191 e. The summed E-state index contributed by atoms with van der Waals surface area (Å²) in [6, 6.07) is 0. The van der Waals surface area contributed by atoms with Crippen LogP contribution in [0.5, 0.6) is 0 Å². The average molecular weight is 379 g/mol. The average Bonchev–Trinajstić information content (AvgIpc) is 2.38. The number of nitrogens with zero attached hydrogens (tertiary/aromatic N) is 2. The van der Waals surface area contributed by atoms with Gasteiger partial charge in [0.05, 0.1) is 0 Å². The zero-order chi connectivity index (χ0) is 12.6. The predicted molar refractivity (Wildman–Crippen MR) is 93.1 cm³/mol. The molecule has 0 amide bonds. The Balaban J connectivity index is 0.00000180. The van der Waals surface area contributed by atoms with Crippen molar-refractivity contribution in [3.63, 3.8) is 0 Å². The number of hydrogen-bond donors (Lipinski definition) is 1. The van der Waals surface area contributed by atoms with E-state index in [-0.39, 0.29) is 24.0 Å². The summed E-state index contributed by atoms with van der Waals surface area (Å²) in [4.78, 5) is 6.93. The van der Waals surface area contributed by atoms with E-state index in [1.165, 1.54) is 64.2 Å². The Morgan fingerprint density at radius 3 is 2.05 bits per heavy atom. The third-order valence-electron chi connectivity index (χ3n) is 4.42. The Kier molecular flexibility index (Phi) is 8.83. The third-order valence-corrected chi connectivity index (χ3v) is 4.42. The molecule has 0 bridgehead atoms. The summed E-state index contributed by atoms with van der Waals surface area (Å²) in [6.45, 7) is 3.18. The van der Waals surface area contributed by atoms with Crippen molar-refractivity contribution in [3.05, 3.63) is 0 Å². The zero-order valence-electron chi connectivity index (χ0n) is 12.1. The molecule has 2 fully saturated rings. The molecule has 0 atom stereocenters. The normalized spacial score (nSPS) is 23.4. The van der Waals surface area contributed by atoms with Crippen LogP contribution in [-0.2, 0) is 0 Å². The fraction of sp³-hybridized carbons (Fsp3) is 0.933. The van der Waals surface area contributed by atoms with Crippen LogP contribution in [0.2, 0.25) is 0 Å². The lowest BCUT2D eigenvalue weighted by atomic mass is 9.91. The van der Waals surface area contributed by atoms with Crippen molar-refractivity contribution in [1.82, 2.24) is 4.90 Å². The number of guanidine groups is 1. The molecule has 3 nitrogen and oxygen atoms in total. The van der Waals surface area contributed by atoms with Crippen LogP contribution < -0.4 is 5.73 Å². The van der Waals surface area contributed by atoms with Gasteiger partial charge in [0.2, 0.25) is 0 Å². The Bertz CT molecular complexity index is 254. The molecular weight excluding hydrogens is 349 g/mol. The third kappa shape index (κ3) is 6.32. The van der Waals surface area contributed by atoms with Crippen molar-refractivity contribution in [3.8, 4) is 0 Å². The Hall–Kier alpha value is 0. The molecule has 1 aliphatic heterocycles. The minimum atomic E-state index is 0. The number of rotatable bonds is 2. The number of hydrogen-bond acceptors (Lipinski definition) is 1. The van der Waals surface area contributed by atoms with Gasteiger partial charge in [-0.05, 0) is 38.0 Å². The van der Waals surface area contributed by atoms with Crippen LogP contribution in [0.1, 0.15) is 64.2 Å². The molecule has 1 saturated carbocycles. The SMILES string of the molecule is I.NC(=NCC1CCCCCCC1)N1CCCCC1. The van der Waals surface area contributed by atoms with E-state index < -0.39 is 0 Å². The highest BCUT2D eigenvalue weighted by Crippen LogP contribution is 2.22. The Labute approximate surface area is 135 Å². The molecule has 1 heterocycles. The molecular formula is C15H30IN3. The number of nitrogens with two attached hydrogens (primary N) is 1. The lowest BCUT2D eigenvalue weighted by Gasteiger charge is -2.28. The number of piperidine rings is 1. The second-order valence-corrected chi connectivity index (χ2v) is 5.96. The van der Waals surface area contributed by atoms with Gasteiger partial charge in [-0.25, -0.2) is 0 Å². The maximum atomic E-state index is 6.11. The Morgan fingerprint density at radius 2 is 1.42 bits per heavy atom. The summed E-state index contributed by atoms with van der Waals surface area (Å²) in [5, 5.41) is 0. The van der Waals surface area contributed by atoms with Gasteiger partial charge in [0.15, 0.2) is 5.96 Å². The summed E-state index contributed by atoms with van der Waals surface area (Å²) < 4.78 is 0. The van der Waals surface area contributed by atoms with Gasteiger partial charge in [-0.3, -0.25) is 4.99 Å². The fourth-order valence-corrected chi connectivity index (χ4v) is 3.17. The largest absolute Gasteiger partial charge is 0.370 e. The maximum absolute atomic E-state index is 6.11. The van der Waals surface area contributed by atoms with Gasteiger partial charge in [-0.15, -0.1) is 24.0 Å². The summed E-state index contributed by atoms with van der Waals surface area (Å²) in [7, 11) is 0. The van der Waals surface area contributed by atoms with Crippen LogP contribution in [-0.4, -0.2) is 30.5 Å². The van der Waals surface area contributed by atoms with Crippen molar-refractivity contribution >= 4 is 29.9 Å². The summed E-state index contributed by atoms with van der Waals surface area (Å²) >= 11 is 0. The quantitative estimate of drug-likeness (QED) is 0.451. The van der Waals surface area contributed by atoms with E-state index in [1.807, 2.05) is 0 Å². The summed E-state index contributed by atoms with van der Waals surface area (Å²) in [5.74, 6) is 1.59. The number of halogens is 1. The van der Waals surface area contributed by atoms with Crippen LogP contribution in [0.25, 0.3) is 0 Å². The smallest absolute Gasteiger partial charge is 0.191 e. The minimum absolute atomic E-state index is 0. The molecule has 1 aliphatic carbocycles. The van der Waals surface area contributed by atoms with Crippen LogP contribution in [0.15, 0.2) is 4.99 Å². The molecule has 0 aromatic carbocycles. The molecule has 0 aromatic rings. The standard InChI is InChI=1S/C15H29N3.HI/c16-15(18-11-7-4-8-12-18)17-13-14-9-5-2-1-3-6-10-14;/h14H,1-13H2,(H2,16,17);1H. The van der Waals surface area contributed by atoms with Crippen molar-refractivity contribution < 1.29 is 0 Å². The minimum Gasteiger partial charge on any atom is -0.370 e. The first-order chi connectivity index (χ1) is 8.86. The highest BCUT2D eigenvalue weighted by Gasteiger charge is 2.14. The number of aliphatic imine (C=N–C) groups is 1. The van der Waals surface area contributed by atoms with Crippen molar-refractivity contribution in [2.45, 2.75) is 64.2 Å². The molecule has 1 saturated heterocycles. The monoisotopic (exact) mass is 379 g/mol. The van der Waals surface area contributed by atoms with Crippen LogP contribution in [0, 0.1) is 5.92 Å². The van der Waals surface area contributed by atoms with E-state index in [0.717, 1.165) is 31.5 Å². The topological polar surface area (TPSA) is 41.6 Å². The van der Waals surface area contributed by atoms with E-state index in [2.05, 4.69) is 9.89 Å². The lowest BCUT2D eigenvalue weighted by molar-refractivity contribution is 0.334. The van der Waals surface area contributed by atoms with E-state index in [0.29, 0.717) is 0 Å². The predicted octanol–water partition coefficient (Wildman–Crippen LogP) is 3.77. The van der Waals surface area contributed by atoms with E-state index >= 15 is 0 Å². The van der Waals surface area contributed by atoms with Gasteiger partial charge in [0, 0.05) is 19.6 Å². The second-order valence-electron chi connectivity index (χ2n) is 5.96. The molecule has 0 spiro atoms.